The van der Waals surface area contributed by atoms with Crippen LogP contribution in [-0.4, -0.2) is 66.0 Å². The van der Waals surface area contributed by atoms with Crippen molar-refractivity contribution in [2.45, 2.75) is 12.5 Å². The molecule has 0 radical (unpaired) electrons. The Labute approximate surface area is 207 Å². The predicted octanol–water partition coefficient (Wildman–Crippen LogP) is 4.79. The predicted molar refractivity (Wildman–Crippen MR) is 129 cm³/mol. The monoisotopic (exact) mass is 508 g/mol. The van der Waals surface area contributed by atoms with E-state index in [1.165, 1.54) is 4.90 Å². The molecule has 0 spiro atoms. The van der Waals surface area contributed by atoms with Crippen LogP contribution in [0.15, 0.2) is 48.0 Å². The summed E-state index contributed by atoms with van der Waals surface area (Å²) in [6, 6.07) is 10.6. The van der Waals surface area contributed by atoms with Crippen LogP contribution >= 0.6 is 34.8 Å². The molecule has 2 aliphatic heterocycles. The second-order valence-electron chi connectivity index (χ2n) is 7.98. The summed E-state index contributed by atoms with van der Waals surface area (Å²) in [6.45, 7) is 4.18. The Morgan fingerprint density at radius 3 is 2.33 bits per heavy atom. The van der Waals surface area contributed by atoms with E-state index < -0.39 is 17.7 Å². The fraction of sp³-hybridized carbons (Fsp3) is 0.333. The first-order valence-corrected chi connectivity index (χ1v) is 11.8. The van der Waals surface area contributed by atoms with E-state index in [9.17, 15) is 14.7 Å². The molecule has 4 rings (SSSR count). The van der Waals surface area contributed by atoms with E-state index in [0.717, 1.165) is 19.6 Å². The van der Waals surface area contributed by atoms with Crippen molar-refractivity contribution < 1.29 is 19.4 Å². The molecular weight excluding hydrogens is 487 g/mol. The molecule has 6 nitrogen and oxygen atoms in total. The maximum absolute atomic E-state index is 13.1. The highest BCUT2D eigenvalue weighted by atomic mass is 35.5. The minimum Gasteiger partial charge on any atom is -0.507 e. The van der Waals surface area contributed by atoms with Gasteiger partial charge in [-0.15, -0.1) is 0 Å². The molecule has 2 heterocycles. The van der Waals surface area contributed by atoms with Gasteiger partial charge in [0.05, 0.1) is 34.9 Å². The lowest BCUT2D eigenvalue weighted by atomic mass is 9.95. The lowest BCUT2D eigenvalue weighted by Crippen LogP contribution is -2.38. The molecule has 33 heavy (non-hydrogen) atoms. The van der Waals surface area contributed by atoms with Crippen molar-refractivity contribution in [1.82, 2.24) is 9.80 Å². The van der Waals surface area contributed by atoms with Gasteiger partial charge in [-0.3, -0.25) is 14.5 Å². The average molecular weight is 510 g/mol. The maximum atomic E-state index is 13.1. The Morgan fingerprint density at radius 1 is 0.970 bits per heavy atom. The molecule has 0 unspecified atom stereocenters. The van der Waals surface area contributed by atoms with E-state index in [0.29, 0.717) is 52.4 Å². The van der Waals surface area contributed by atoms with E-state index in [2.05, 4.69) is 4.90 Å². The van der Waals surface area contributed by atoms with Crippen LogP contribution in [0.2, 0.25) is 15.1 Å². The summed E-state index contributed by atoms with van der Waals surface area (Å²) in [5.41, 5.74) is 1.02. The Kier molecular flexibility index (Phi) is 7.62. The van der Waals surface area contributed by atoms with Crippen molar-refractivity contribution in [2.24, 2.45) is 0 Å². The zero-order valence-electron chi connectivity index (χ0n) is 17.8. The number of aliphatic hydroxyl groups is 1. The van der Waals surface area contributed by atoms with E-state index in [1.54, 1.807) is 42.5 Å². The molecule has 174 valence electrons. The summed E-state index contributed by atoms with van der Waals surface area (Å²) in [6.07, 6.45) is 0.672. The van der Waals surface area contributed by atoms with E-state index in [1.807, 2.05) is 0 Å². The lowest BCUT2D eigenvalue weighted by molar-refractivity contribution is -0.140. The summed E-state index contributed by atoms with van der Waals surface area (Å²) in [7, 11) is 0. The standard InChI is InChI=1S/C24H23Cl3N2O4/c25-17-5-2-15(3-6-17)22(30)20-21(16-4-7-18(26)19(27)14-16)29(24(32)23(20)31)9-1-8-28-10-12-33-13-11-28/h2-7,14,21,30H,1,8-13H2/t21-/m1/s1. The summed E-state index contributed by atoms with van der Waals surface area (Å²) < 4.78 is 5.38. The van der Waals surface area contributed by atoms with Crippen LogP contribution in [0.3, 0.4) is 0 Å². The number of carbonyl (C=O) groups is 2. The van der Waals surface area contributed by atoms with E-state index in [4.69, 9.17) is 39.5 Å². The first-order valence-electron chi connectivity index (χ1n) is 10.7. The van der Waals surface area contributed by atoms with Gasteiger partial charge in [0.25, 0.3) is 11.7 Å². The quantitative estimate of drug-likeness (QED) is 0.344. The number of hydrogen-bond donors (Lipinski definition) is 1. The van der Waals surface area contributed by atoms with Gasteiger partial charge in [-0.2, -0.15) is 0 Å². The number of hydrogen-bond acceptors (Lipinski definition) is 5. The zero-order chi connectivity index (χ0) is 23.5. The third kappa shape index (κ3) is 5.20. The number of carbonyl (C=O) groups excluding carboxylic acids is 2. The number of benzene rings is 2. The molecule has 2 fully saturated rings. The van der Waals surface area contributed by atoms with Crippen molar-refractivity contribution >= 4 is 52.3 Å². The Morgan fingerprint density at radius 2 is 1.67 bits per heavy atom. The van der Waals surface area contributed by atoms with E-state index >= 15 is 0 Å². The largest absolute Gasteiger partial charge is 0.507 e. The number of likely N-dealkylation sites (tertiary alicyclic amines) is 1. The van der Waals surface area contributed by atoms with Crippen LogP contribution < -0.4 is 0 Å². The molecule has 1 amide bonds. The van der Waals surface area contributed by atoms with Gasteiger partial charge in [-0.1, -0.05) is 40.9 Å². The zero-order valence-corrected chi connectivity index (χ0v) is 20.0. The van der Waals surface area contributed by atoms with Crippen molar-refractivity contribution in [1.29, 1.82) is 0 Å². The summed E-state index contributed by atoms with van der Waals surface area (Å²) in [5.74, 6) is -1.63. The highest BCUT2D eigenvalue weighted by Gasteiger charge is 2.46. The summed E-state index contributed by atoms with van der Waals surface area (Å²) >= 11 is 18.3. The summed E-state index contributed by atoms with van der Waals surface area (Å²) in [5, 5.41) is 12.2. The SMILES string of the molecule is O=C1C(=O)N(CCCN2CCOCC2)[C@H](c2ccc(Cl)c(Cl)c2)C1=C(O)c1ccc(Cl)cc1. The van der Waals surface area contributed by atoms with Crippen LogP contribution in [-0.2, 0) is 14.3 Å². The van der Waals surface area contributed by atoms with Crippen LogP contribution in [0.1, 0.15) is 23.6 Å². The van der Waals surface area contributed by atoms with Crippen molar-refractivity contribution in [3.05, 3.63) is 74.2 Å². The number of halogens is 3. The van der Waals surface area contributed by atoms with Gasteiger partial charge in [0, 0.05) is 36.8 Å². The van der Waals surface area contributed by atoms with Gasteiger partial charge in [0.15, 0.2) is 0 Å². The molecule has 2 aliphatic rings. The molecule has 0 aromatic heterocycles. The van der Waals surface area contributed by atoms with Gasteiger partial charge in [0.2, 0.25) is 0 Å². The number of nitrogens with zero attached hydrogens (tertiary/aromatic N) is 2. The second-order valence-corrected chi connectivity index (χ2v) is 9.23. The first kappa shape index (κ1) is 24.0. The fourth-order valence-corrected chi connectivity index (χ4v) is 4.62. The molecule has 0 saturated carbocycles. The van der Waals surface area contributed by atoms with Crippen LogP contribution in [0, 0.1) is 0 Å². The number of ketones is 1. The van der Waals surface area contributed by atoms with E-state index in [-0.39, 0.29) is 11.3 Å². The van der Waals surface area contributed by atoms with Crippen LogP contribution in [0.4, 0.5) is 0 Å². The topological polar surface area (TPSA) is 70.1 Å². The molecule has 1 N–H and O–H groups in total. The van der Waals surface area contributed by atoms with Gasteiger partial charge in [-0.05, 0) is 48.4 Å². The first-order chi connectivity index (χ1) is 15.9. The molecule has 0 aliphatic carbocycles. The average Bonchev–Trinajstić information content (AvgIpc) is 3.06. The lowest BCUT2D eigenvalue weighted by Gasteiger charge is -2.29. The molecule has 2 saturated heterocycles. The smallest absolute Gasteiger partial charge is 0.295 e. The number of aliphatic hydroxyl groups excluding tert-OH is 1. The summed E-state index contributed by atoms with van der Waals surface area (Å²) in [4.78, 5) is 29.9. The molecule has 2 aromatic rings. The molecular formula is C24H23Cl3N2O4. The number of morpholine rings is 1. The number of Topliss-reactive ketones (excluding diaryl/α,β-unsaturated/α-hetero) is 1. The number of amides is 1. The number of ether oxygens (including phenoxy) is 1. The highest BCUT2D eigenvalue weighted by Crippen LogP contribution is 2.41. The van der Waals surface area contributed by atoms with Crippen molar-refractivity contribution in [3.8, 4) is 0 Å². The minimum atomic E-state index is -0.778. The third-order valence-electron chi connectivity index (χ3n) is 5.89. The van der Waals surface area contributed by atoms with Crippen molar-refractivity contribution in [3.63, 3.8) is 0 Å². The van der Waals surface area contributed by atoms with Crippen LogP contribution in [0.25, 0.3) is 5.76 Å². The second kappa shape index (κ2) is 10.5. The normalized spacial score (nSPS) is 21.1. The Bertz CT molecular complexity index is 1080. The fourth-order valence-electron chi connectivity index (χ4n) is 4.19. The maximum Gasteiger partial charge on any atom is 0.295 e. The Hall–Kier alpha value is -2.09. The number of rotatable bonds is 6. The van der Waals surface area contributed by atoms with Gasteiger partial charge in [-0.25, -0.2) is 0 Å². The molecule has 1 atom stereocenters. The third-order valence-corrected chi connectivity index (χ3v) is 6.89. The van der Waals surface area contributed by atoms with Gasteiger partial charge >= 0.3 is 0 Å². The molecule has 9 heteroatoms. The van der Waals surface area contributed by atoms with Crippen LogP contribution in [0.5, 0.6) is 0 Å². The molecule has 2 aromatic carbocycles. The van der Waals surface area contributed by atoms with Crippen molar-refractivity contribution in [2.75, 3.05) is 39.4 Å². The minimum absolute atomic E-state index is 0.0204. The Balaban J connectivity index is 1.69. The highest BCUT2D eigenvalue weighted by molar-refractivity contribution is 6.47. The molecule has 0 bridgehead atoms. The van der Waals surface area contributed by atoms with Gasteiger partial charge in [0.1, 0.15) is 5.76 Å². The van der Waals surface area contributed by atoms with Gasteiger partial charge < -0.3 is 14.7 Å².